The zero-order chi connectivity index (χ0) is 22.0. The van der Waals surface area contributed by atoms with E-state index in [0.29, 0.717) is 43.3 Å². The molecule has 1 aromatic rings. The Morgan fingerprint density at radius 3 is 2.68 bits per heavy atom. The molecule has 1 aliphatic carbocycles. The van der Waals surface area contributed by atoms with Crippen LogP contribution in [0, 0.1) is 5.92 Å². The average Bonchev–Trinajstić information content (AvgIpc) is 3.07. The molecular formula is C24H31NO6. The lowest BCUT2D eigenvalue weighted by Gasteiger charge is -2.35. The second-order valence-corrected chi connectivity index (χ2v) is 8.25. The maximum absolute atomic E-state index is 13.6. The number of ketones is 1. The minimum absolute atomic E-state index is 0.0615. The summed E-state index contributed by atoms with van der Waals surface area (Å²) in [6, 6.07) is 5.12. The van der Waals surface area contributed by atoms with Gasteiger partial charge in [-0.2, -0.15) is 0 Å². The maximum Gasteiger partial charge on any atom is 0.290 e. The van der Waals surface area contributed by atoms with E-state index in [1.165, 1.54) is 0 Å². The number of nitrogens with zero attached hydrogens (tertiary/aromatic N) is 1. The fourth-order valence-corrected chi connectivity index (χ4v) is 4.98. The van der Waals surface area contributed by atoms with E-state index >= 15 is 0 Å². The zero-order valence-corrected chi connectivity index (χ0v) is 18.5. The number of carbonyl (C=O) groups is 2. The van der Waals surface area contributed by atoms with Gasteiger partial charge in [0.25, 0.3) is 5.91 Å². The summed E-state index contributed by atoms with van der Waals surface area (Å²) < 4.78 is 22.5. The minimum Gasteiger partial charge on any atom is -0.493 e. The highest BCUT2D eigenvalue weighted by Crippen LogP contribution is 2.47. The lowest BCUT2D eigenvalue weighted by atomic mass is 9.77. The van der Waals surface area contributed by atoms with E-state index < -0.39 is 6.04 Å². The fraction of sp³-hybridized carbons (Fsp3) is 0.583. The Labute approximate surface area is 183 Å². The third kappa shape index (κ3) is 3.91. The lowest BCUT2D eigenvalue weighted by Crippen LogP contribution is -2.39. The monoisotopic (exact) mass is 429 g/mol. The van der Waals surface area contributed by atoms with Crippen molar-refractivity contribution in [2.24, 2.45) is 5.92 Å². The summed E-state index contributed by atoms with van der Waals surface area (Å²) >= 11 is 0. The van der Waals surface area contributed by atoms with Gasteiger partial charge in [0.05, 0.1) is 31.2 Å². The number of carbonyl (C=O) groups excluding carboxylic acids is 2. The van der Waals surface area contributed by atoms with Crippen molar-refractivity contribution in [3.63, 3.8) is 0 Å². The highest BCUT2D eigenvalue weighted by molar-refractivity contribution is 6.11. The van der Waals surface area contributed by atoms with Gasteiger partial charge < -0.3 is 23.8 Å². The largest absolute Gasteiger partial charge is 0.493 e. The van der Waals surface area contributed by atoms with Crippen LogP contribution in [-0.2, 0) is 19.1 Å². The van der Waals surface area contributed by atoms with Crippen molar-refractivity contribution in [2.75, 3.05) is 34.0 Å². The standard InChI is InChI=1S/C24H31NO6/c1-4-30-18-11-10-15(14-19(18)29-3)21-20-22(26)16-8-5-6-9-17(16)31-23(20)24(27)25(21)12-7-13-28-2/h10-11,14,16-17,21H,4-9,12-13H2,1-3H3. The molecule has 7 heteroatoms. The molecule has 4 rings (SSSR count). The summed E-state index contributed by atoms with van der Waals surface area (Å²) in [7, 11) is 3.23. The predicted octanol–water partition coefficient (Wildman–Crippen LogP) is 3.43. The van der Waals surface area contributed by atoms with Crippen molar-refractivity contribution < 1.29 is 28.5 Å². The second kappa shape index (κ2) is 9.30. The molecular weight excluding hydrogens is 398 g/mol. The molecule has 3 aliphatic rings. The first kappa shape index (κ1) is 21.7. The molecule has 3 unspecified atom stereocenters. The third-order valence-electron chi connectivity index (χ3n) is 6.41. The van der Waals surface area contributed by atoms with Crippen LogP contribution >= 0.6 is 0 Å². The van der Waals surface area contributed by atoms with Crippen LogP contribution in [0.25, 0.3) is 0 Å². The van der Waals surface area contributed by atoms with E-state index in [0.717, 1.165) is 31.2 Å². The molecule has 31 heavy (non-hydrogen) atoms. The Kier molecular flexibility index (Phi) is 6.51. The molecule has 0 saturated heterocycles. The van der Waals surface area contributed by atoms with Crippen LogP contribution in [0.2, 0.25) is 0 Å². The van der Waals surface area contributed by atoms with Gasteiger partial charge in [0.2, 0.25) is 0 Å². The van der Waals surface area contributed by atoms with E-state index in [9.17, 15) is 9.59 Å². The fourth-order valence-electron chi connectivity index (χ4n) is 4.98. The molecule has 0 aromatic heterocycles. The number of hydrogen-bond acceptors (Lipinski definition) is 6. The van der Waals surface area contributed by atoms with Gasteiger partial charge in [0, 0.05) is 20.3 Å². The SMILES string of the molecule is CCOc1ccc(C2C3=C(OC4CCCCC4C3=O)C(=O)N2CCCOC)cc1OC. The van der Waals surface area contributed by atoms with Crippen LogP contribution in [0.1, 0.15) is 50.6 Å². The van der Waals surface area contributed by atoms with Gasteiger partial charge in [-0.05, 0) is 50.3 Å². The van der Waals surface area contributed by atoms with Gasteiger partial charge in [-0.15, -0.1) is 0 Å². The summed E-state index contributed by atoms with van der Waals surface area (Å²) in [5.41, 5.74) is 1.32. The van der Waals surface area contributed by atoms with Crippen LogP contribution in [0.4, 0.5) is 0 Å². The number of rotatable bonds is 8. The van der Waals surface area contributed by atoms with Crippen molar-refractivity contribution in [3.05, 3.63) is 35.1 Å². The van der Waals surface area contributed by atoms with Crippen LogP contribution in [0.3, 0.4) is 0 Å². The summed E-state index contributed by atoms with van der Waals surface area (Å²) in [4.78, 5) is 28.7. The number of fused-ring (bicyclic) bond motifs is 1. The van der Waals surface area contributed by atoms with Crippen molar-refractivity contribution in [1.82, 2.24) is 4.90 Å². The Morgan fingerprint density at radius 1 is 1.13 bits per heavy atom. The Hall–Kier alpha value is -2.54. The summed E-state index contributed by atoms with van der Waals surface area (Å²) in [5.74, 6) is 1.15. The van der Waals surface area contributed by atoms with Crippen molar-refractivity contribution in [2.45, 2.75) is 51.2 Å². The Balaban J connectivity index is 1.75. The summed E-state index contributed by atoms with van der Waals surface area (Å²) in [6.07, 6.45) is 4.18. The number of hydrogen-bond donors (Lipinski definition) is 0. The van der Waals surface area contributed by atoms with Gasteiger partial charge in [0.15, 0.2) is 23.0 Å². The predicted molar refractivity (Wildman–Crippen MR) is 114 cm³/mol. The smallest absolute Gasteiger partial charge is 0.290 e. The molecule has 0 bridgehead atoms. The van der Waals surface area contributed by atoms with Gasteiger partial charge >= 0.3 is 0 Å². The number of benzene rings is 1. The maximum atomic E-state index is 13.6. The molecule has 2 heterocycles. The van der Waals surface area contributed by atoms with Crippen LogP contribution in [0.5, 0.6) is 11.5 Å². The van der Waals surface area contributed by atoms with Crippen LogP contribution < -0.4 is 9.47 Å². The molecule has 2 aliphatic heterocycles. The number of methoxy groups -OCH3 is 2. The minimum atomic E-state index is -0.487. The zero-order valence-electron chi connectivity index (χ0n) is 18.5. The molecule has 1 aromatic carbocycles. The lowest BCUT2D eigenvalue weighted by molar-refractivity contribution is -0.135. The van der Waals surface area contributed by atoms with Crippen LogP contribution in [-0.4, -0.2) is 56.7 Å². The Morgan fingerprint density at radius 2 is 1.94 bits per heavy atom. The van der Waals surface area contributed by atoms with Gasteiger partial charge in [-0.3, -0.25) is 9.59 Å². The number of amides is 1. The molecule has 0 spiro atoms. The third-order valence-corrected chi connectivity index (χ3v) is 6.41. The van der Waals surface area contributed by atoms with Crippen molar-refractivity contribution in [1.29, 1.82) is 0 Å². The van der Waals surface area contributed by atoms with Gasteiger partial charge in [0.1, 0.15) is 6.10 Å². The summed E-state index contributed by atoms with van der Waals surface area (Å²) in [5, 5.41) is 0. The van der Waals surface area contributed by atoms with Crippen LogP contribution in [0.15, 0.2) is 29.5 Å². The van der Waals surface area contributed by atoms with Gasteiger partial charge in [-0.1, -0.05) is 12.5 Å². The van der Waals surface area contributed by atoms with E-state index in [1.54, 1.807) is 19.1 Å². The second-order valence-electron chi connectivity index (χ2n) is 8.25. The molecule has 0 N–H and O–H groups in total. The Bertz CT molecular complexity index is 879. The molecule has 0 radical (unpaired) electrons. The first-order chi connectivity index (χ1) is 15.1. The summed E-state index contributed by atoms with van der Waals surface area (Å²) in [6.45, 7) is 3.45. The molecule has 1 fully saturated rings. The molecule has 3 atom stereocenters. The molecule has 1 amide bonds. The topological polar surface area (TPSA) is 74.3 Å². The van der Waals surface area contributed by atoms with E-state index in [2.05, 4.69) is 0 Å². The first-order valence-corrected chi connectivity index (χ1v) is 11.2. The van der Waals surface area contributed by atoms with Crippen molar-refractivity contribution >= 4 is 11.7 Å². The average molecular weight is 430 g/mol. The molecule has 168 valence electrons. The van der Waals surface area contributed by atoms with E-state index in [1.807, 2.05) is 25.1 Å². The normalized spacial score (nSPS) is 25.3. The van der Waals surface area contributed by atoms with E-state index in [4.69, 9.17) is 18.9 Å². The van der Waals surface area contributed by atoms with E-state index in [-0.39, 0.29) is 29.5 Å². The highest BCUT2D eigenvalue weighted by Gasteiger charge is 2.51. The number of Topliss-reactive ketones (excluding diaryl/α,β-unsaturated/α-hetero) is 1. The quantitative estimate of drug-likeness (QED) is 0.590. The molecule has 7 nitrogen and oxygen atoms in total. The van der Waals surface area contributed by atoms with Gasteiger partial charge in [-0.25, -0.2) is 0 Å². The molecule has 1 saturated carbocycles. The van der Waals surface area contributed by atoms with Crippen molar-refractivity contribution in [3.8, 4) is 11.5 Å². The highest BCUT2D eigenvalue weighted by atomic mass is 16.5. The first-order valence-electron chi connectivity index (χ1n) is 11.2. The number of ether oxygens (including phenoxy) is 4.